The maximum Gasteiger partial charge on any atom is 0.303 e. The lowest BCUT2D eigenvalue weighted by atomic mass is 9.49. The van der Waals surface area contributed by atoms with E-state index in [1.165, 1.54) is 13.8 Å². The summed E-state index contributed by atoms with van der Waals surface area (Å²) in [5, 5.41) is 13.1. The van der Waals surface area contributed by atoms with Gasteiger partial charge in [-0.3, -0.25) is 9.59 Å². The third kappa shape index (κ3) is 7.75. The Morgan fingerprint density at radius 1 is 0.936 bits per heavy atom. The first-order valence-corrected chi connectivity index (χ1v) is 23.2. The van der Waals surface area contributed by atoms with Gasteiger partial charge in [-0.15, -0.1) is 0 Å². The van der Waals surface area contributed by atoms with E-state index in [1.807, 2.05) is 0 Å². The molecule has 0 aliphatic heterocycles. The van der Waals surface area contributed by atoms with Gasteiger partial charge in [-0.25, -0.2) is 0 Å². The second kappa shape index (κ2) is 13.5. The highest BCUT2D eigenvalue weighted by Gasteiger charge is 2.68. The molecular formula is C36H66O9Si2. The third-order valence-corrected chi connectivity index (χ3v) is 21.5. The number of hydrogen-bond acceptors (Lipinski definition) is 9. The summed E-state index contributed by atoms with van der Waals surface area (Å²) in [7, 11) is -3.33. The maximum absolute atomic E-state index is 13.3. The van der Waals surface area contributed by atoms with Crippen LogP contribution in [0.2, 0.25) is 36.3 Å². The van der Waals surface area contributed by atoms with Crippen LogP contribution in [-0.2, 0) is 37.4 Å². The Labute approximate surface area is 287 Å². The lowest BCUT2D eigenvalue weighted by Gasteiger charge is -2.63. The molecule has 0 heterocycles. The molecule has 0 spiro atoms. The molecule has 9 nitrogen and oxygen atoms in total. The Balaban J connectivity index is 2.39. The van der Waals surface area contributed by atoms with E-state index in [-0.39, 0.29) is 28.7 Å². The van der Waals surface area contributed by atoms with Gasteiger partial charge in [0.15, 0.2) is 14.1 Å². The molecule has 2 saturated carbocycles. The van der Waals surface area contributed by atoms with Crippen molar-refractivity contribution in [2.24, 2.45) is 28.6 Å². The summed E-state index contributed by atoms with van der Waals surface area (Å²) in [6, 6.07) is 0. The molecule has 0 aromatic heterocycles. The van der Waals surface area contributed by atoms with E-state index in [4.69, 9.17) is 27.8 Å². The predicted octanol–water partition coefficient (Wildman–Crippen LogP) is 7.94. The topological polar surface area (TPSA) is 110 Å². The van der Waals surface area contributed by atoms with Crippen molar-refractivity contribution in [2.75, 3.05) is 13.9 Å². The number of carbonyl (C=O) groups excluding carboxylic acids is 2. The highest BCUT2D eigenvalue weighted by molar-refractivity contribution is 6.74. The minimum absolute atomic E-state index is 0.00263. The first-order valence-electron chi connectivity index (χ1n) is 17.4. The summed E-state index contributed by atoms with van der Waals surface area (Å²) in [6.45, 7) is 31.2. The summed E-state index contributed by atoms with van der Waals surface area (Å²) >= 11 is 0. The molecule has 8 atom stereocenters. The fourth-order valence-electron chi connectivity index (χ4n) is 7.74. The molecule has 272 valence electrons. The van der Waals surface area contributed by atoms with Crippen LogP contribution in [0, 0.1) is 28.6 Å². The van der Waals surface area contributed by atoms with Crippen molar-refractivity contribution in [3.8, 4) is 0 Å². The fourth-order valence-corrected chi connectivity index (χ4v) is 10.3. The molecule has 0 amide bonds. The summed E-state index contributed by atoms with van der Waals surface area (Å²) < 4.78 is 38.4. The molecule has 2 bridgehead atoms. The van der Waals surface area contributed by atoms with Gasteiger partial charge in [-0.1, -0.05) is 62.3 Å². The molecular weight excluding hydrogens is 633 g/mol. The van der Waals surface area contributed by atoms with Gasteiger partial charge in [-0.05, 0) is 73.4 Å². The Hall–Kier alpha value is -1.25. The van der Waals surface area contributed by atoms with Crippen LogP contribution < -0.4 is 0 Å². The molecule has 3 rings (SSSR count). The second-order valence-electron chi connectivity index (χ2n) is 18.3. The van der Waals surface area contributed by atoms with Crippen molar-refractivity contribution >= 4 is 28.6 Å². The quantitative estimate of drug-likeness (QED) is 0.146. The van der Waals surface area contributed by atoms with Crippen molar-refractivity contribution in [1.82, 2.24) is 0 Å². The molecule has 47 heavy (non-hydrogen) atoms. The Morgan fingerprint density at radius 3 is 1.98 bits per heavy atom. The zero-order chi connectivity index (χ0) is 36.2. The van der Waals surface area contributed by atoms with Crippen molar-refractivity contribution in [3.63, 3.8) is 0 Å². The summed E-state index contributed by atoms with van der Waals surface area (Å²) in [4.78, 5) is 25.7. The van der Waals surface area contributed by atoms with Crippen LogP contribution in [0.15, 0.2) is 11.8 Å². The van der Waals surface area contributed by atoms with Gasteiger partial charge in [0.05, 0.1) is 5.76 Å². The SMILES string of the molecule is COCO[C@H]1CC[C@@]2(C)[C@H](OC(C)=O)[C@@H](OC(C)=O)[C@H]3CC=C(O[Si](C)(C)C(C)(C)C)[C@@H](C[C@@H]2[C@]1(O)O[Si](C)(C)C(C)(C)C)C3(C)C. The monoisotopic (exact) mass is 698 g/mol. The van der Waals surface area contributed by atoms with Crippen LogP contribution >= 0.6 is 0 Å². The smallest absolute Gasteiger partial charge is 0.303 e. The molecule has 3 aliphatic carbocycles. The van der Waals surface area contributed by atoms with Gasteiger partial charge >= 0.3 is 11.9 Å². The molecule has 3 aliphatic rings. The second-order valence-corrected chi connectivity index (χ2v) is 27.7. The first kappa shape index (κ1) is 40.2. The van der Waals surface area contributed by atoms with Crippen molar-refractivity contribution < 1.29 is 42.5 Å². The number of hydrogen-bond donors (Lipinski definition) is 1. The highest BCUT2D eigenvalue weighted by atomic mass is 28.4. The van der Waals surface area contributed by atoms with Crippen molar-refractivity contribution in [3.05, 3.63) is 11.8 Å². The fraction of sp³-hybridized carbons (Fsp3) is 0.889. The number of ether oxygens (including phenoxy) is 4. The number of fused-ring (bicyclic) bond motifs is 3. The lowest BCUT2D eigenvalue weighted by molar-refractivity contribution is -0.329. The van der Waals surface area contributed by atoms with Gasteiger partial charge in [0, 0.05) is 44.1 Å². The van der Waals surface area contributed by atoms with Gasteiger partial charge in [0.2, 0.25) is 8.32 Å². The third-order valence-electron chi connectivity index (χ3n) is 12.7. The molecule has 0 aromatic rings. The summed E-state index contributed by atoms with van der Waals surface area (Å²) in [5.41, 5.74) is -1.31. The van der Waals surface area contributed by atoms with E-state index in [2.05, 4.69) is 94.6 Å². The van der Waals surface area contributed by atoms with E-state index >= 15 is 0 Å². The normalized spacial score (nSPS) is 34.7. The summed E-state index contributed by atoms with van der Waals surface area (Å²) in [6.07, 6.45) is 1.99. The molecule has 0 unspecified atom stereocenters. The largest absolute Gasteiger partial charge is 0.547 e. The van der Waals surface area contributed by atoms with Crippen LogP contribution in [-0.4, -0.2) is 71.7 Å². The summed E-state index contributed by atoms with van der Waals surface area (Å²) in [5.74, 6) is -2.62. The zero-order valence-corrected chi connectivity index (χ0v) is 34.3. The maximum atomic E-state index is 13.3. The minimum Gasteiger partial charge on any atom is -0.547 e. The van der Waals surface area contributed by atoms with Crippen LogP contribution in [0.3, 0.4) is 0 Å². The highest BCUT2D eigenvalue weighted by Crippen LogP contribution is 2.63. The Bertz CT molecular complexity index is 1180. The van der Waals surface area contributed by atoms with Crippen LogP contribution in [0.4, 0.5) is 0 Å². The molecule has 1 N–H and O–H groups in total. The number of allylic oxidation sites excluding steroid dienone is 2. The van der Waals surface area contributed by atoms with Crippen LogP contribution in [0.25, 0.3) is 0 Å². The number of methoxy groups -OCH3 is 1. The number of rotatable bonds is 9. The number of aliphatic hydroxyl groups is 1. The minimum atomic E-state index is -2.63. The first-order chi connectivity index (χ1) is 21.2. The van der Waals surface area contributed by atoms with E-state index in [0.29, 0.717) is 25.7 Å². The Morgan fingerprint density at radius 2 is 1.49 bits per heavy atom. The number of carbonyl (C=O) groups is 2. The average Bonchev–Trinajstić information content (AvgIpc) is 2.87. The molecule has 2 fully saturated rings. The standard InChI is InChI=1S/C36H66O9Si2/c1-23(37)42-30-25-17-18-27(44-46(13,14)32(3,4)5)26(34(25,9)10)21-28-35(11,31(30)43-24(2)38)20-19-29(41-22-40-12)36(28,39)45-47(15,16)33(6,7)8/h18,25-26,28-31,39H,17,19-22H2,1-16H3/t25-,26-,28+,29+,30+,31-,35-,36+/m1/s1. The molecule has 0 radical (unpaired) electrons. The van der Waals surface area contributed by atoms with E-state index in [0.717, 1.165) is 5.76 Å². The van der Waals surface area contributed by atoms with Crippen molar-refractivity contribution in [1.29, 1.82) is 0 Å². The Kier molecular flexibility index (Phi) is 11.5. The van der Waals surface area contributed by atoms with Gasteiger partial charge in [0.1, 0.15) is 25.1 Å². The zero-order valence-electron chi connectivity index (χ0n) is 32.3. The van der Waals surface area contributed by atoms with Gasteiger partial charge in [-0.2, -0.15) is 0 Å². The van der Waals surface area contributed by atoms with Crippen LogP contribution in [0.5, 0.6) is 0 Å². The van der Waals surface area contributed by atoms with E-state index in [9.17, 15) is 14.7 Å². The molecule has 11 heteroatoms. The van der Waals surface area contributed by atoms with E-state index < -0.39 is 69.4 Å². The van der Waals surface area contributed by atoms with E-state index in [1.54, 1.807) is 7.11 Å². The molecule has 0 aromatic carbocycles. The van der Waals surface area contributed by atoms with Crippen molar-refractivity contribution in [2.45, 2.75) is 162 Å². The van der Waals surface area contributed by atoms with Gasteiger partial charge in [0.25, 0.3) is 0 Å². The predicted molar refractivity (Wildman–Crippen MR) is 188 cm³/mol. The lowest BCUT2D eigenvalue weighted by Crippen LogP contribution is -2.70. The average molecular weight is 699 g/mol. The molecule has 0 saturated heterocycles. The number of esters is 2. The van der Waals surface area contributed by atoms with Gasteiger partial charge < -0.3 is 32.9 Å². The van der Waals surface area contributed by atoms with Crippen LogP contribution in [0.1, 0.15) is 102 Å².